The van der Waals surface area contributed by atoms with Crippen LogP contribution in [0, 0.1) is 6.92 Å². The van der Waals surface area contributed by atoms with Gasteiger partial charge in [-0.25, -0.2) is 0 Å². The van der Waals surface area contributed by atoms with Crippen molar-refractivity contribution >= 4 is 0 Å². The first-order chi connectivity index (χ1) is 7.17. The summed E-state index contributed by atoms with van der Waals surface area (Å²) in [6.45, 7) is 2.03. The number of hydrogen-bond donors (Lipinski definition) is 1. The number of methoxy groups -OCH3 is 2. The molecule has 3 heteroatoms. The highest BCUT2D eigenvalue weighted by Crippen LogP contribution is 2.48. The molecule has 1 aliphatic rings. The lowest BCUT2D eigenvalue weighted by atomic mass is 10.0. The van der Waals surface area contributed by atoms with Gasteiger partial charge < -0.3 is 15.2 Å². The van der Waals surface area contributed by atoms with Crippen LogP contribution in [0.15, 0.2) is 12.1 Å². The highest BCUT2D eigenvalue weighted by atomic mass is 16.5. The molecule has 82 valence electrons. The number of benzene rings is 1. The molecule has 2 unspecified atom stereocenters. The minimum Gasteiger partial charge on any atom is -0.496 e. The summed E-state index contributed by atoms with van der Waals surface area (Å²) in [5.41, 5.74) is 8.14. The molecule has 1 saturated carbocycles. The van der Waals surface area contributed by atoms with Crippen molar-refractivity contribution in [3.8, 4) is 11.5 Å². The number of aryl methyl sites for hydroxylation is 1. The molecule has 0 aromatic heterocycles. The van der Waals surface area contributed by atoms with Crippen LogP contribution >= 0.6 is 0 Å². The summed E-state index contributed by atoms with van der Waals surface area (Å²) in [5.74, 6) is 2.19. The minimum absolute atomic E-state index is 0.260. The summed E-state index contributed by atoms with van der Waals surface area (Å²) < 4.78 is 10.8. The van der Waals surface area contributed by atoms with Gasteiger partial charge in [-0.3, -0.25) is 0 Å². The predicted octanol–water partition coefficient (Wildman–Crippen LogP) is 1.83. The zero-order valence-corrected chi connectivity index (χ0v) is 9.41. The van der Waals surface area contributed by atoms with Crippen molar-refractivity contribution in [2.45, 2.75) is 25.3 Å². The third kappa shape index (κ3) is 1.79. The summed E-state index contributed by atoms with van der Waals surface area (Å²) in [6.07, 6.45) is 1.02. The normalized spacial score (nSPS) is 23.7. The Morgan fingerprint density at radius 2 is 1.67 bits per heavy atom. The van der Waals surface area contributed by atoms with Crippen LogP contribution in [-0.4, -0.2) is 20.3 Å². The van der Waals surface area contributed by atoms with E-state index >= 15 is 0 Å². The average Bonchev–Trinajstić information content (AvgIpc) is 2.93. The molecule has 1 aromatic carbocycles. The smallest absolute Gasteiger partial charge is 0.126 e. The Morgan fingerprint density at radius 1 is 1.20 bits per heavy atom. The quantitative estimate of drug-likeness (QED) is 0.822. The van der Waals surface area contributed by atoms with E-state index in [1.165, 1.54) is 0 Å². The van der Waals surface area contributed by atoms with Crippen molar-refractivity contribution in [2.75, 3.05) is 14.2 Å². The van der Waals surface area contributed by atoms with Gasteiger partial charge in [-0.05, 0) is 31.0 Å². The molecule has 0 saturated heterocycles. The van der Waals surface area contributed by atoms with Gasteiger partial charge in [-0.15, -0.1) is 0 Å². The number of nitrogens with two attached hydrogens (primary N) is 1. The number of ether oxygens (including phenoxy) is 2. The first-order valence-electron chi connectivity index (χ1n) is 5.15. The van der Waals surface area contributed by atoms with E-state index < -0.39 is 0 Å². The maximum absolute atomic E-state index is 5.87. The van der Waals surface area contributed by atoms with Gasteiger partial charge >= 0.3 is 0 Å². The molecule has 2 rings (SSSR count). The van der Waals surface area contributed by atoms with Crippen LogP contribution in [0.1, 0.15) is 23.5 Å². The maximum atomic E-state index is 5.87. The second-order valence-electron chi connectivity index (χ2n) is 4.09. The zero-order chi connectivity index (χ0) is 11.0. The fourth-order valence-corrected chi connectivity index (χ4v) is 1.98. The van der Waals surface area contributed by atoms with E-state index in [0.717, 1.165) is 29.0 Å². The zero-order valence-electron chi connectivity index (χ0n) is 9.41. The third-order valence-electron chi connectivity index (χ3n) is 2.90. The molecule has 1 fully saturated rings. The largest absolute Gasteiger partial charge is 0.496 e. The van der Waals surface area contributed by atoms with E-state index in [9.17, 15) is 0 Å². The van der Waals surface area contributed by atoms with Crippen molar-refractivity contribution in [3.05, 3.63) is 23.3 Å². The van der Waals surface area contributed by atoms with Crippen LogP contribution in [0.2, 0.25) is 0 Å². The molecule has 3 nitrogen and oxygen atoms in total. The van der Waals surface area contributed by atoms with Crippen molar-refractivity contribution in [1.82, 2.24) is 0 Å². The lowest BCUT2D eigenvalue weighted by Gasteiger charge is -2.13. The summed E-state index contributed by atoms with van der Waals surface area (Å²) in [7, 11) is 3.37. The van der Waals surface area contributed by atoms with Crippen LogP contribution in [0.3, 0.4) is 0 Å². The molecule has 1 aliphatic carbocycles. The predicted molar refractivity (Wildman–Crippen MR) is 59.6 cm³/mol. The second-order valence-corrected chi connectivity index (χ2v) is 4.09. The van der Waals surface area contributed by atoms with E-state index in [2.05, 4.69) is 0 Å². The van der Waals surface area contributed by atoms with Gasteiger partial charge in [0.1, 0.15) is 11.5 Å². The molecule has 0 bridgehead atoms. The standard InChI is InChI=1S/C12H17NO2/c1-7-4-10(14-2)12(8-6-9(8)13)11(5-7)15-3/h4-5,8-9H,6,13H2,1-3H3. The Balaban J connectivity index is 2.48. The van der Waals surface area contributed by atoms with Gasteiger partial charge in [-0.1, -0.05) is 0 Å². The molecule has 0 amide bonds. The number of rotatable bonds is 3. The minimum atomic E-state index is 0.260. The summed E-state index contributed by atoms with van der Waals surface area (Å²) >= 11 is 0. The highest BCUT2D eigenvalue weighted by molar-refractivity contribution is 5.52. The Labute approximate surface area is 90.2 Å². The van der Waals surface area contributed by atoms with Crippen LogP contribution < -0.4 is 15.2 Å². The summed E-state index contributed by atoms with van der Waals surface area (Å²) in [5, 5.41) is 0. The Kier molecular flexibility index (Phi) is 2.57. The first-order valence-corrected chi connectivity index (χ1v) is 5.15. The van der Waals surface area contributed by atoms with E-state index in [-0.39, 0.29) is 6.04 Å². The highest BCUT2D eigenvalue weighted by Gasteiger charge is 2.39. The number of hydrogen-bond acceptors (Lipinski definition) is 3. The van der Waals surface area contributed by atoms with E-state index in [1.807, 2.05) is 19.1 Å². The van der Waals surface area contributed by atoms with Crippen molar-refractivity contribution in [1.29, 1.82) is 0 Å². The van der Waals surface area contributed by atoms with E-state index in [4.69, 9.17) is 15.2 Å². The SMILES string of the molecule is COc1cc(C)cc(OC)c1C1CC1N. The fourth-order valence-electron chi connectivity index (χ4n) is 1.98. The Morgan fingerprint density at radius 3 is 2.00 bits per heavy atom. The van der Waals surface area contributed by atoms with Crippen LogP contribution in [0.5, 0.6) is 11.5 Å². The lowest BCUT2D eigenvalue weighted by molar-refractivity contribution is 0.384. The molecular weight excluding hydrogens is 190 g/mol. The molecule has 0 heterocycles. The summed E-state index contributed by atoms with van der Waals surface area (Å²) in [4.78, 5) is 0. The van der Waals surface area contributed by atoms with Crippen molar-refractivity contribution in [3.63, 3.8) is 0 Å². The third-order valence-corrected chi connectivity index (χ3v) is 2.90. The van der Waals surface area contributed by atoms with Gasteiger partial charge in [0.25, 0.3) is 0 Å². The molecule has 0 spiro atoms. The monoisotopic (exact) mass is 207 g/mol. The Hall–Kier alpha value is -1.22. The molecule has 0 aliphatic heterocycles. The van der Waals surface area contributed by atoms with Gasteiger partial charge in [0.2, 0.25) is 0 Å². The molecule has 2 atom stereocenters. The molecule has 1 aromatic rings. The molecule has 15 heavy (non-hydrogen) atoms. The molecule has 2 N–H and O–H groups in total. The van der Waals surface area contributed by atoms with Crippen LogP contribution in [0.25, 0.3) is 0 Å². The van der Waals surface area contributed by atoms with Crippen LogP contribution in [0.4, 0.5) is 0 Å². The van der Waals surface area contributed by atoms with Gasteiger partial charge in [0.05, 0.1) is 14.2 Å². The van der Waals surface area contributed by atoms with Crippen LogP contribution in [-0.2, 0) is 0 Å². The van der Waals surface area contributed by atoms with Gasteiger partial charge in [0.15, 0.2) is 0 Å². The van der Waals surface area contributed by atoms with Gasteiger partial charge in [-0.2, -0.15) is 0 Å². The van der Waals surface area contributed by atoms with Crippen molar-refractivity contribution < 1.29 is 9.47 Å². The fraction of sp³-hybridized carbons (Fsp3) is 0.500. The first kappa shape index (κ1) is 10.3. The van der Waals surface area contributed by atoms with Gasteiger partial charge in [0, 0.05) is 17.5 Å². The van der Waals surface area contributed by atoms with Crippen molar-refractivity contribution in [2.24, 2.45) is 5.73 Å². The average molecular weight is 207 g/mol. The lowest BCUT2D eigenvalue weighted by Crippen LogP contribution is -2.04. The molecular formula is C12H17NO2. The van der Waals surface area contributed by atoms with E-state index in [1.54, 1.807) is 14.2 Å². The summed E-state index contributed by atoms with van der Waals surface area (Å²) in [6, 6.07) is 4.32. The Bertz CT molecular complexity index is 351. The second kappa shape index (κ2) is 3.74. The van der Waals surface area contributed by atoms with E-state index in [0.29, 0.717) is 5.92 Å². The maximum Gasteiger partial charge on any atom is 0.126 e. The topological polar surface area (TPSA) is 44.5 Å². The molecule has 0 radical (unpaired) electrons.